The lowest BCUT2D eigenvalue weighted by Crippen LogP contribution is -2.05. The van der Waals surface area contributed by atoms with Crippen LogP contribution >= 0.6 is 0 Å². The van der Waals surface area contributed by atoms with Gasteiger partial charge in [0.05, 0.1) is 17.8 Å². The Hall–Kier alpha value is -1.29. The molecule has 1 aliphatic heterocycles. The van der Waals surface area contributed by atoms with Crippen molar-refractivity contribution in [1.29, 1.82) is 0 Å². The van der Waals surface area contributed by atoms with E-state index in [2.05, 4.69) is 4.98 Å². The first-order valence-corrected chi connectivity index (χ1v) is 4.74. The number of carbonyl (C=O) groups is 1. The highest BCUT2D eigenvalue weighted by molar-refractivity contribution is 5.89. The van der Waals surface area contributed by atoms with Gasteiger partial charge in [0, 0.05) is 18.0 Å². The van der Waals surface area contributed by atoms with Crippen LogP contribution in [0.3, 0.4) is 0 Å². The van der Waals surface area contributed by atoms with Gasteiger partial charge in [0.15, 0.2) is 0 Å². The normalized spacial score (nSPS) is 26.6. The zero-order valence-corrected chi connectivity index (χ0v) is 7.99. The van der Waals surface area contributed by atoms with Crippen LogP contribution < -0.4 is 0 Å². The number of hydrogen-bond acceptors (Lipinski definition) is 2. The molecule has 1 fully saturated rings. The first kappa shape index (κ1) is 9.27. The highest BCUT2D eigenvalue weighted by atomic mass is 16.5. The topological polar surface area (TPSA) is 62.3 Å². The van der Waals surface area contributed by atoms with E-state index in [1.165, 1.54) is 6.20 Å². The Balaban J connectivity index is 2.23. The number of carboxylic acids is 1. The average Bonchev–Trinajstić information content (AvgIpc) is 2.70. The Morgan fingerprint density at radius 3 is 2.93 bits per heavy atom. The first-order chi connectivity index (χ1) is 6.68. The number of aromatic nitrogens is 1. The van der Waals surface area contributed by atoms with Gasteiger partial charge in [0.1, 0.15) is 0 Å². The number of aromatic amines is 1. The van der Waals surface area contributed by atoms with E-state index in [1.54, 1.807) is 6.20 Å². The summed E-state index contributed by atoms with van der Waals surface area (Å²) >= 11 is 0. The number of carboxylic acid groups (broad SMARTS) is 1. The first-order valence-electron chi connectivity index (χ1n) is 4.74. The molecule has 0 spiro atoms. The summed E-state index contributed by atoms with van der Waals surface area (Å²) in [5.41, 5.74) is 1.09. The maximum absolute atomic E-state index is 10.8. The molecule has 4 heteroatoms. The molecule has 2 heterocycles. The molecule has 1 aliphatic rings. The number of hydrogen-bond donors (Lipinski definition) is 2. The second kappa shape index (κ2) is 3.46. The molecule has 2 N–H and O–H groups in total. The molecule has 4 nitrogen and oxygen atoms in total. The molecular weight excluding hydrogens is 182 g/mol. The summed E-state index contributed by atoms with van der Waals surface area (Å²) in [6, 6.07) is 0. The molecule has 0 aromatic carbocycles. The van der Waals surface area contributed by atoms with Crippen molar-refractivity contribution >= 4 is 5.97 Å². The third kappa shape index (κ3) is 1.53. The Bertz CT molecular complexity index is 345. The van der Waals surface area contributed by atoms with Crippen molar-refractivity contribution in [3.05, 3.63) is 23.5 Å². The molecule has 2 atom stereocenters. The van der Waals surface area contributed by atoms with E-state index in [0.29, 0.717) is 5.56 Å². The van der Waals surface area contributed by atoms with Gasteiger partial charge in [0.25, 0.3) is 0 Å². The number of aromatic carboxylic acids is 1. The lowest BCUT2D eigenvalue weighted by Gasteiger charge is -2.10. The quantitative estimate of drug-likeness (QED) is 0.758. The predicted molar refractivity (Wildman–Crippen MR) is 50.3 cm³/mol. The van der Waals surface area contributed by atoms with Crippen LogP contribution in [0.25, 0.3) is 0 Å². The summed E-state index contributed by atoms with van der Waals surface area (Å²) in [7, 11) is 0. The summed E-state index contributed by atoms with van der Waals surface area (Å²) in [6.45, 7) is 2.01. The molecule has 0 bridgehead atoms. The smallest absolute Gasteiger partial charge is 0.337 e. The third-order valence-electron chi connectivity index (χ3n) is 2.59. The van der Waals surface area contributed by atoms with Crippen LogP contribution in [0.4, 0.5) is 0 Å². The number of H-pyrrole nitrogens is 1. The predicted octanol–water partition coefficient (Wildman–Crippen LogP) is 1.95. The largest absolute Gasteiger partial charge is 0.478 e. The minimum absolute atomic E-state index is 0.0534. The van der Waals surface area contributed by atoms with Gasteiger partial charge in [-0.3, -0.25) is 0 Å². The van der Waals surface area contributed by atoms with Crippen molar-refractivity contribution in [3.8, 4) is 0 Å². The molecule has 14 heavy (non-hydrogen) atoms. The van der Waals surface area contributed by atoms with E-state index >= 15 is 0 Å². The molecule has 1 aromatic rings. The van der Waals surface area contributed by atoms with E-state index in [1.807, 2.05) is 6.92 Å². The highest BCUT2D eigenvalue weighted by Gasteiger charge is 2.27. The molecule has 76 valence electrons. The lowest BCUT2D eigenvalue weighted by atomic mass is 10.1. The van der Waals surface area contributed by atoms with Gasteiger partial charge in [-0.1, -0.05) is 0 Å². The van der Waals surface area contributed by atoms with Crippen LogP contribution in [0, 0.1) is 0 Å². The Kier molecular flexibility index (Phi) is 2.29. The number of rotatable bonds is 2. The van der Waals surface area contributed by atoms with Crippen molar-refractivity contribution in [2.45, 2.75) is 32.0 Å². The van der Waals surface area contributed by atoms with Gasteiger partial charge in [-0.05, 0) is 19.8 Å². The average molecular weight is 195 g/mol. The fraction of sp³-hybridized carbons (Fsp3) is 0.500. The van der Waals surface area contributed by atoms with Gasteiger partial charge in [0.2, 0.25) is 0 Å². The molecule has 1 aromatic heterocycles. The summed E-state index contributed by atoms with van der Waals surface area (Å²) in [5, 5.41) is 8.91. The fourth-order valence-corrected chi connectivity index (χ4v) is 1.86. The summed E-state index contributed by atoms with van der Waals surface area (Å²) in [6.07, 6.45) is 5.29. The number of ether oxygens (including phenoxy) is 1. The number of nitrogens with one attached hydrogen (secondary N) is 1. The zero-order chi connectivity index (χ0) is 10.1. The van der Waals surface area contributed by atoms with E-state index in [4.69, 9.17) is 9.84 Å². The van der Waals surface area contributed by atoms with Crippen molar-refractivity contribution < 1.29 is 14.6 Å². The highest BCUT2D eigenvalue weighted by Crippen LogP contribution is 2.34. The third-order valence-corrected chi connectivity index (χ3v) is 2.59. The van der Waals surface area contributed by atoms with Crippen LogP contribution in [0.1, 0.15) is 41.8 Å². The van der Waals surface area contributed by atoms with E-state index in [0.717, 1.165) is 18.4 Å². The Morgan fingerprint density at radius 1 is 1.57 bits per heavy atom. The fourth-order valence-electron chi connectivity index (χ4n) is 1.86. The maximum atomic E-state index is 10.8. The zero-order valence-electron chi connectivity index (χ0n) is 7.99. The molecule has 0 radical (unpaired) electrons. The molecule has 2 unspecified atom stereocenters. The van der Waals surface area contributed by atoms with Gasteiger partial charge in [-0.15, -0.1) is 0 Å². The Labute approximate surface area is 81.9 Å². The van der Waals surface area contributed by atoms with Crippen LogP contribution in [0.15, 0.2) is 12.4 Å². The van der Waals surface area contributed by atoms with Gasteiger partial charge >= 0.3 is 5.97 Å². The molecule has 0 saturated carbocycles. The monoisotopic (exact) mass is 195 g/mol. The maximum Gasteiger partial charge on any atom is 0.337 e. The van der Waals surface area contributed by atoms with Crippen molar-refractivity contribution in [1.82, 2.24) is 4.98 Å². The minimum Gasteiger partial charge on any atom is -0.478 e. The van der Waals surface area contributed by atoms with Crippen LogP contribution in [-0.4, -0.2) is 22.2 Å². The lowest BCUT2D eigenvalue weighted by molar-refractivity contribution is 0.0526. The van der Waals surface area contributed by atoms with E-state index < -0.39 is 5.97 Å². The van der Waals surface area contributed by atoms with Crippen LogP contribution in [0.5, 0.6) is 0 Å². The molecule has 2 rings (SSSR count). The summed E-state index contributed by atoms with van der Waals surface area (Å²) < 4.78 is 5.61. The van der Waals surface area contributed by atoms with Crippen molar-refractivity contribution in [2.24, 2.45) is 0 Å². The standard InChI is InChI=1S/C10H13NO3/c1-6-2-3-9(14-6)7-4-11-5-8(7)10(12)13/h4-6,9,11H,2-3H2,1H3,(H,12,13). The van der Waals surface area contributed by atoms with E-state index in [-0.39, 0.29) is 12.2 Å². The van der Waals surface area contributed by atoms with Gasteiger partial charge in [-0.2, -0.15) is 0 Å². The van der Waals surface area contributed by atoms with Gasteiger partial charge < -0.3 is 14.8 Å². The summed E-state index contributed by atoms with van der Waals surface area (Å²) in [4.78, 5) is 13.7. The molecular formula is C10H13NO3. The minimum atomic E-state index is -0.899. The van der Waals surface area contributed by atoms with Crippen molar-refractivity contribution in [2.75, 3.05) is 0 Å². The van der Waals surface area contributed by atoms with Crippen molar-refractivity contribution in [3.63, 3.8) is 0 Å². The molecule has 0 amide bonds. The molecule has 1 saturated heterocycles. The second-order valence-corrected chi connectivity index (χ2v) is 3.64. The van der Waals surface area contributed by atoms with Gasteiger partial charge in [-0.25, -0.2) is 4.79 Å². The van der Waals surface area contributed by atoms with Crippen LogP contribution in [-0.2, 0) is 4.74 Å². The second-order valence-electron chi connectivity index (χ2n) is 3.64. The Morgan fingerprint density at radius 2 is 2.36 bits per heavy atom. The summed E-state index contributed by atoms with van der Waals surface area (Å²) in [5.74, 6) is -0.899. The van der Waals surface area contributed by atoms with Crippen LogP contribution in [0.2, 0.25) is 0 Å². The van der Waals surface area contributed by atoms with E-state index in [9.17, 15) is 4.79 Å². The SMILES string of the molecule is CC1CCC(c2c[nH]cc2C(=O)O)O1. The molecule has 0 aliphatic carbocycles.